The van der Waals surface area contributed by atoms with E-state index in [0.29, 0.717) is 11.5 Å². The number of piperidine rings is 1. The lowest BCUT2D eigenvalue weighted by Crippen LogP contribution is -2.53. The Hall–Kier alpha value is -1.26. The molecule has 0 bridgehead atoms. The van der Waals surface area contributed by atoms with Crippen LogP contribution in [0.15, 0.2) is 18.2 Å². The lowest BCUT2D eigenvalue weighted by molar-refractivity contribution is -0.0612. The Labute approximate surface area is 126 Å². The van der Waals surface area contributed by atoms with Crippen LogP contribution in [0, 0.1) is 5.92 Å². The fraction of sp³-hybridized carbons (Fsp3) is 0.647. The largest absolute Gasteiger partial charge is 0.507 e. The van der Waals surface area contributed by atoms with Crippen LogP contribution < -0.4 is 4.90 Å². The third-order valence-corrected chi connectivity index (χ3v) is 5.26. The predicted octanol–water partition coefficient (Wildman–Crippen LogP) is 2.58. The summed E-state index contributed by atoms with van der Waals surface area (Å²) < 4.78 is 0. The van der Waals surface area contributed by atoms with E-state index in [-0.39, 0.29) is 5.75 Å². The molecule has 3 atom stereocenters. The Balaban J connectivity index is 1.78. The van der Waals surface area contributed by atoms with Crippen LogP contribution in [0.4, 0.5) is 5.69 Å². The van der Waals surface area contributed by atoms with Crippen LogP contribution in [0.1, 0.15) is 50.7 Å². The van der Waals surface area contributed by atoms with Crippen LogP contribution >= 0.6 is 0 Å². The maximum absolute atomic E-state index is 10.7. The van der Waals surface area contributed by atoms with Crippen molar-refractivity contribution in [1.29, 1.82) is 0 Å². The lowest BCUT2D eigenvalue weighted by atomic mass is 9.71. The highest BCUT2D eigenvalue weighted by atomic mass is 16.3. The van der Waals surface area contributed by atoms with Gasteiger partial charge in [0.2, 0.25) is 0 Å². The highest BCUT2D eigenvalue weighted by Crippen LogP contribution is 2.41. The van der Waals surface area contributed by atoms with E-state index in [4.69, 9.17) is 0 Å². The summed E-state index contributed by atoms with van der Waals surface area (Å²) in [6.45, 7) is 3.32. The third-order valence-electron chi connectivity index (χ3n) is 5.26. The molecule has 4 heteroatoms. The molecule has 0 spiro atoms. The Morgan fingerprint density at radius 2 is 2.10 bits per heavy atom. The number of aromatic hydroxyl groups is 1. The van der Waals surface area contributed by atoms with Gasteiger partial charge in [-0.1, -0.05) is 18.9 Å². The van der Waals surface area contributed by atoms with E-state index in [1.165, 1.54) is 6.42 Å². The van der Waals surface area contributed by atoms with Crippen LogP contribution in [0.25, 0.3) is 0 Å². The number of benzene rings is 1. The molecule has 3 N–H and O–H groups in total. The molecule has 1 saturated carbocycles. The standard InChI is InChI=1S/C17H25NO3/c1-12(19)15-6-5-14(10-16(15)20)18-9-8-17(21)7-3-2-4-13(17)11-18/h5-6,10,12-13,19-21H,2-4,7-9,11H2,1H3. The van der Waals surface area contributed by atoms with E-state index in [0.717, 1.165) is 44.5 Å². The molecule has 2 fully saturated rings. The molecule has 0 amide bonds. The van der Waals surface area contributed by atoms with Crippen molar-refractivity contribution in [3.05, 3.63) is 23.8 Å². The molecule has 1 aromatic rings. The van der Waals surface area contributed by atoms with E-state index in [1.54, 1.807) is 19.1 Å². The number of anilines is 1. The smallest absolute Gasteiger partial charge is 0.123 e. The molecule has 4 nitrogen and oxygen atoms in total. The van der Waals surface area contributed by atoms with Gasteiger partial charge in [0.05, 0.1) is 11.7 Å². The highest BCUT2D eigenvalue weighted by Gasteiger charge is 2.42. The number of aliphatic hydroxyl groups is 2. The number of phenols is 1. The summed E-state index contributed by atoms with van der Waals surface area (Å²) in [6.07, 6.45) is 4.49. The van der Waals surface area contributed by atoms with Gasteiger partial charge in [0.1, 0.15) is 5.75 Å². The van der Waals surface area contributed by atoms with Gasteiger partial charge >= 0.3 is 0 Å². The van der Waals surface area contributed by atoms with E-state index in [1.807, 2.05) is 6.07 Å². The van der Waals surface area contributed by atoms with Gasteiger partial charge in [0, 0.05) is 36.3 Å². The fourth-order valence-electron chi connectivity index (χ4n) is 3.89. The lowest BCUT2D eigenvalue weighted by Gasteiger charge is -2.48. The van der Waals surface area contributed by atoms with Crippen LogP contribution in [0.5, 0.6) is 5.75 Å². The van der Waals surface area contributed by atoms with Crippen molar-refractivity contribution in [2.45, 2.75) is 50.7 Å². The maximum atomic E-state index is 10.7. The van der Waals surface area contributed by atoms with E-state index in [9.17, 15) is 15.3 Å². The molecule has 3 unspecified atom stereocenters. The number of nitrogens with zero attached hydrogens (tertiary/aromatic N) is 1. The molecule has 1 aliphatic carbocycles. The summed E-state index contributed by atoms with van der Waals surface area (Å²) in [5.41, 5.74) is 1.06. The van der Waals surface area contributed by atoms with Crippen molar-refractivity contribution < 1.29 is 15.3 Å². The van der Waals surface area contributed by atoms with Gasteiger partial charge in [-0.05, 0) is 32.3 Å². The van der Waals surface area contributed by atoms with Gasteiger partial charge in [-0.25, -0.2) is 0 Å². The van der Waals surface area contributed by atoms with Crippen molar-refractivity contribution in [1.82, 2.24) is 0 Å². The van der Waals surface area contributed by atoms with Gasteiger partial charge in [0.15, 0.2) is 0 Å². The number of hydrogen-bond donors (Lipinski definition) is 3. The number of hydrogen-bond acceptors (Lipinski definition) is 4. The minimum atomic E-state index is -0.663. The summed E-state index contributed by atoms with van der Waals surface area (Å²) in [7, 11) is 0. The maximum Gasteiger partial charge on any atom is 0.123 e. The molecule has 1 heterocycles. The van der Waals surface area contributed by atoms with Crippen molar-refractivity contribution in [3.63, 3.8) is 0 Å². The minimum Gasteiger partial charge on any atom is -0.507 e. The van der Waals surface area contributed by atoms with Crippen LogP contribution in [-0.4, -0.2) is 34.0 Å². The van der Waals surface area contributed by atoms with Gasteiger partial charge in [0.25, 0.3) is 0 Å². The van der Waals surface area contributed by atoms with Gasteiger partial charge in [-0.3, -0.25) is 0 Å². The average molecular weight is 291 g/mol. The van der Waals surface area contributed by atoms with Crippen molar-refractivity contribution in [2.75, 3.05) is 18.0 Å². The Morgan fingerprint density at radius 3 is 2.81 bits per heavy atom. The van der Waals surface area contributed by atoms with Crippen molar-refractivity contribution >= 4 is 5.69 Å². The molecule has 0 radical (unpaired) electrons. The second kappa shape index (κ2) is 5.50. The molecular weight excluding hydrogens is 266 g/mol. The molecule has 116 valence electrons. The van der Waals surface area contributed by atoms with Gasteiger partial charge in [-0.15, -0.1) is 0 Å². The fourth-order valence-corrected chi connectivity index (χ4v) is 3.89. The quantitative estimate of drug-likeness (QED) is 0.783. The summed E-state index contributed by atoms with van der Waals surface area (Å²) in [6, 6.07) is 5.47. The van der Waals surface area contributed by atoms with E-state index < -0.39 is 11.7 Å². The first-order valence-corrected chi connectivity index (χ1v) is 7.98. The van der Waals surface area contributed by atoms with Crippen molar-refractivity contribution in [2.24, 2.45) is 5.92 Å². The summed E-state index contributed by atoms with van der Waals surface area (Å²) >= 11 is 0. The number of fused-ring (bicyclic) bond motifs is 1. The first-order chi connectivity index (χ1) is 9.99. The second-order valence-corrected chi connectivity index (χ2v) is 6.66. The predicted molar refractivity (Wildman–Crippen MR) is 82.5 cm³/mol. The third kappa shape index (κ3) is 2.74. The molecule has 2 aliphatic rings. The summed E-state index contributed by atoms with van der Waals surface area (Å²) in [4.78, 5) is 2.25. The van der Waals surface area contributed by atoms with Gasteiger partial charge < -0.3 is 20.2 Å². The molecule has 21 heavy (non-hydrogen) atoms. The molecule has 1 saturated heterocycles. The van der Waals surface area contributed by atoms with E-state index >= 15 is 0 Å². The molecule has 1 aromatic carbocycles. The SMILES string of the molecule is CC(O)c1ccc(N2CCC3(O)CCCCC3C2)cc1O. The highest BCUT2D eigenvalue weighted by molar-refractivity contribution is 5.54. The Bertz CT molecular complexity index is 517. The molecule has 0 aromatic heterocycles. The summed E-state index contributed by atoms with van der Waals surface area (Å²) in [5, 5.41) is 30.3. The Morgan fingerprint density at radius 1 is 1.29 bits per heavy atom. The monoisotopic (exact) mass is 291 g/mol. The van der Waals surface area contributed by atoms with Crippen LogP contribution in [-0.2, 0) is 0 Å². The molecule has 1 aliphatic heterocycles. The second-order valence-electron chi connectivity index (χ2n) is 6.66. The zero-order chi connectivity index (χ0) is 15.0. The normalized spacial score (nSPS) is 30.8. The average Bonchev–Trinajstić information content (AvgIpc) is 2.45. The number of phenolic OH excluding ortho intramolecular Hbond substituents is 1. The van der Waals surface area contributed by atoms with E-state index in [2.05, 4.69) is 4.90 Å². The van der Waals surface area contributed by atoms with Crippen LogP contribution in [0.2, 0.25) is 0 Å². The molecular formula is C17H25NO3. The first-order valence-electron chi connectivity index (χ1n) is 7.98. The minimum absolute atomic E-state index is 0.145. The zero-order valence-electron chi connectivity index (χ0n) is 12.6. The van der Waals surface area contributed by atoms with Crippen LogP contribution in [0.3, 0.4) is 0 Å². The molecule has 3 rings (SSSR count). The zero-order valence-corrected chi connectivity index (χ0v) is 12.6. The number of rotatable bonds is 2. The summed E-state index contributed by atoms with van der Waals surface area (Å²) in [5.74, 6) is 0.477. The number of aliphatic hydroxyl groups excluding tert-OH is 1. The van der Waals surface area contributed by atoms with Crippen molar-refractivity contribution in [3.8, 4) is 5.75 Å². The Kier molecular flexibility index (Phi) is 3.84. The van der Waals surface area contributed by atoms with Gasteiger partial charge in [-0.2, -0.15) is 0 Å². The topological polar surface area (TPSA) is 63.9 Å². The first kappa shape index (κ1) is 14.7.